The van der Waals surface area contributed by atoms with E-state index in [-0.39, 0.29) is 18.1 Å². The van der Waals surface area contributed by atoms with Crippen LogP contribution in [-0.4, -0.2) is 51.8 Å². The van der Waals surface area contributed by atoms with Crippen molar-refractivity contribution in [2.75, 3.05) is 6.61 Å². The van der Waals surface area contributed by atoms with Crippen molar-refractivity contribution >= 4 is 0 Å². The van der Waals surface area contributed by atoms with Crippen LogP contribution in [-0.2, 0) is 16.1 Å². The van der Waals surface area contributed by atoms with Crippen LogP contribution in [0.4, 0.5) is 0 Å². The van der Waals surface area contributed by atoms with Crippen LogP contribution < -0.4 is 0 Å². The van der Waals surface area contributed by atoms with Crippen LogP contribution in [0.3, 0.4) is 0 Å². The largest absolute Gasteiger partial charge is 0.390 e. The average molecular weight is 303 g/mol. The minimum Gasteiger partial charge on any atom is -0.390 e. The summed E-state index contributed by atoms with van der Waals surface area (Å²) < 4.78 is 5.81. The lowest BCUT2D eigenvalue weighted by Gasteiger charge is -2.34. The minimum absolute atomic E-state index is 0.0862. The van der Waals surface area contributed by atoms with Crippen molar-refractivity contribution in [3.63, 3.8) is 0 Å². The maximum absolute atomic E-state index is 10.8. The molecule has 5 heteroatoms. The Balaban J connectivity index is 1.58. The van der Waals surface area contributed by atoms with Crippen molar-refractivity contribution in [1.82, 2.24) is 5.06 Å². The van der Waals surface area contributed by atoms with Crippen molar-refractivity contribution < 1.29 is 19.8 Å². The molecule has 3 fully saturated rings. The first-order valence-corrected chi connectivity index (χ1v) is 7.76. The van der Waals surface area contributed by atoms with Gasteiger partial charge in [0.05, 0.1) is 24.9 Å². The van der Waals surface area contributed by atoms with E-state index >= 15 is 0 Å². The number of aliphatic hydroxyl groups is 2. The maximum Gasteiger partial charge on any atom is 0.125 e. The number of benzene rings is 1. The van der Waals surface area contributed by atoms with Crippen LogP contribution in [0, 0.1) is 5.92 Å². The van der Waals surface area contributed by atoms with E-state index in [0.717, 1.165) is 5.56 Å². The van der Waals surface area contributed by atoms with Crippen LogP contribution in [0.15, 0.2) is 43.0 Å². The molecular formula is C17H21NO4. The molecule has 0 radical (unpaired) electrons. The Morgan fingerprint density at radius 3 is 2.82 bits per heavy atom. The molecule has 0 unspecified atom stereocenters. The molecule has 1 heterocycles. The number of rotatable bonds is 5. The van der Waals surface area contributed by atoms with Gasteiger partial charge in [-0.25, -0.2) is 0 Å². The Labute approximate surface area is 129 Å². The summed E-state index contributed by atoms with van der Waals surface area (Å²) in [5.74, 6) is -0.0940. The molecule has 1 aromatic rings. The quantitative estimate of drug-likeness (QED) is 0.790. The second-order valence-corrected chi connectivity index (χ2v) is 6.42. The van der Waals surface area contributed by atoms with Gasteiger partial charge in [0, 0.05) is 18.9 Å². The summed E-state index contributed by atoms with van der Waals surface area (Å²) in [4.78, 5) is 6.00. The van der Waals surface area contributed by atoms with Gasteiger partial charge in [0.2, 0.25) is 0 Å². The highest BCUT2D eigenvalue weighted by molar-refractivity contribution is 5.24. The lowest BCUT2D eigenvalue weighted by Crippen LogP contribution is -2.51. The number of fused-ring (bicyclic) bond motifs is 1. The molecular weight excluding hydrogens is 282 g/mol. The molecule has 22 heavy (non-hydrogen) atoms. The predicted octanol–water partition coefficient (Wildman–Crippen LogP) is 0.868. The van der Waals surface area contributed by atoms with Crippen LogP contribution in [0.2, 0.25) is 0 Å². The molecule has 0 aromatic heterocycles. The second-order valence-electron chi connectivity index (χ2n) is 6.42. The topological polar surface area (TPSA) is 62.2 Å². The molecule has 1 aromatic carbocycles. The average Bonchev–Trinajstić information content (AvgIpc) is 3.04. The summed E-state index contributed by atoms with van der Waals surface area (Å²) in [7, 11) is 0. The molecule has 2 saturated carbocycles. The van der Waals surface area contributed by atoms with Gasteiger partial charge >= 0.3 is 0 Å². The minimum atomic E-state index is -0.917. The van der Waals surface area contributed by atoms with Gasteiger partial charge in [0.15, 0.2) is 0 Å². The van der Waals surface area contributed by atoms with E-state index in [0.29, 0.717) is 19.6 Å². The lowest BCUT2D eigenvalue weighted by atomic mass is 9.88. The van der Waals surface area contributed by atoms with E-state index in [1.54, 1.807) is 6.08 Å². The second kappa shape index (κ2) is 5.15. The number of hydroxylamine groups is 2. The van der Waals surface area contributed by atoms with Crippen molar-refractivity contribution in [3.05, 3.63) is 48.6 Å². The van der Waals surface area contributed by atoms with Crippen molar-refractivity contribution in [3.8, 4) is 0 Å². The molecule has 0 amide bonds. The summed E-state index contributed by atoms with van der Waals surface area (Å²) in [6, 6.07) is 9.78. The van der Waals surface area contributed by atoms with Crippen molar-refractivity contribution in [1.29, 1.82) is 0 Å². The van der Waals surface area contributed by atoms with Gasteiger partial charge in [-0.05, 0) is 5.56 Å². The van der Waals surface area contributed by atoms with Crippen LogP contribution in [0.5, 0.6) is 0 Å². The Morgan fingerprint density at radius 1 is 1.32 bits per heavy atom. The number of ether oxygens (including phenoxy) is 1. The fourth-order valence-electron chi connectivity index (χ4n) is 4.35. The lowest BCUT2D eigenvalue weighted by molar-refractivity contribution is -0.176. The highest BCUT2D eigenvalue weighted by Gasteiger charge is 2.74. The van der Waals surface area contributed by atoms with Crippen LogP contribution in [0.25, 0.3) is 0 Å². The van der Waals surface area contributed by atoms with Gasteiger partial charge < -0.3 is 14.9 Å². The monoisotopic (exact) mass is 303 g/mol. The van der Waals surface area contributed by atoms with E-state index in [1.165, 1.54) is 0 Å². The first kappa shape index (κ1) is 14.4. The predicted molar refractivity (Wildman–Crippen MR) is 79.6 cm³/mol. The number of aliphatic hydroxyl groups excluding tert-OH is 2. The van der Waals surface area contributed by atoms with Gasteiger partial charge in [0.1, 0.15) is 11.7 Å². The highest BCUT2D eigenvalue weighted by atomic mass is 16.7. The Kier molecular flexibility index (Phi) is 3.36. The normalized spacial score (nSPS) is 42.9. The number of hydrogen-bond acceptors (Lipinski definition) is 5. The van der Waals surface area contributed by atoms with Gasteiger partial charge in [-0.3, -0.25) is 4.84 Å². The fraction of sp³-hybridized carbons (Fsp3) is 0.529. The molecule has 118 valence electrons. The molecule has 0 spiro atoms. The fourth-order valence-corrected chi connectivity index (χ4v) is 4.35. The third-order valence-electron chi connectivity index (χ3n) is 5.29. The molecule has 6 atom stereocenters. The summed E-state index contributed by atoms with van der Waals surface area (Å²) in [6.07, 6.45) is 0.630. The maximum atomic E-state index is 10.8. The van der Waals surface area contributed by atoms with E-state index in [1.807, 2.05) is 35.4 Å². The van der Waals surface area contributed by atoms with Gasteiger partial charge in [-0.15, -0.1) is 6.58 Å². The molecule has 1 saturated heterocycles. The molecule has 2 N–H and O–H groups in total. The molecule has 2 aliphatic carbocycles. The first-order chi connectivity index (χ1) is 10.7. The zero-order chi connectivity index (χ0) is 15.3. The summed E-state index contributed by atoms with van der Waals surface area (Å²) in [6.45, 7) is 4.56. The Morgan fingerprint density at radius 2 is 2.09 bits per heavy atom. The number of hydrogen-bond donors (Lipinski definition) is 2. The third-order valence-corrected chi connectivity index (χ3v) is 5.29. The van der Waals surface area contributed by atoms with E-state index in [2.05, 4.69) is 6.58 Å². The van der Waals surface area contributed by atoms with E-state index < -0.39 is 17.8 Å². The number of nitrogens with zero attached hydrogens (tertiary/aromatic N) is 1. The zero-order valence-electron chi connectivity index (χ0n) is 12.3. The molecule has 3 aliphatic rings. The Bertz CT molecular complexity index is 565. The standard InChI is InChI=1S/C17H21NO4/c1-2-8-21-17-9-12-13(15(17)19)14(16(17)20)18(22-12)10-11-6-4-3-5-7-11/h2-7,12-16,19-20H,1,8-10H2/t12-,13+,14-,15-,16+,17-/m1/s1. The zero-order valence-corrected chi connectivity index (χ0v) is 12.3. The third kappa shape index (κ3) is 1.84. The van der Waals surface area contributed by atoms with Gasteiger partial charge in [-0.1, -0.05) is 36.4 Å². The summed E-state index contributed by atoms with van der Waals surface area (Å²) in [5.41, 5.74) is 0.203. The molecule has 4 rings (SSSR count). The first-order valence-electron chi connectivity index (χ1n) is 7.76. The highest BCUT2D eigenvalue weighted by Crippen LogP contribution is 2.57. The Hall–Kier alpha value is -1.24. The molecule has 2 bridgehead atoms. The van der Waals surface area contributed by atoms with Crippen molar-refractivity contribution in [2.24, 2.45) is 5.92 Å². The van der Waals surface area contributed by atoms with Gasteiger partial charge in [0.25, 0.3) is 0 Å². The summed E-state index contributed by atoms with van der Waals surface area (Å²) in [5, 5.41) is 23.2. The van der Waals surface area contributed by atoms with E-state index in [4.69, 9.17) is 9.57 Å². The smallest absolute Gasteiger partial charge is 0.125 e. The van der Waals surface area contributed by atoms with Crippen LogP contribution >= 0.6 is 0 Å². The molecule has 1 aliphatic heterocycles. The summed E-state index contributed by atoms with van der Waals surface area (Å²) >= 11 is 0. The van der Waals surface area contributed by atoms with Crippen molar-refractivity contribution in [2.45, 2.75) is 42.9 Å². The SMILES string of the molecule is C=CCO[C@]12C[C@H]3ON(Cc4ccccc4)[C@H]([C@H]3[C@H]1O)[C@@H]2O. The molecule has 5 nitrogen and oxygen atoms in total. The van der Waals surface area contributed by atoms with Gasteiger partial charge in [-0.2, -0.15) is 5.06 Å². The van der Waals surface area contributed by atoms with E-state index in [9.17, 15) is 10.2 Å². The van der Waals surface area contributed by atoms with Crippen LogP contribution in [0.1, 0.15) is 12.0 Å².